The zero-order valence-electron chi connectivity index (χ0n) is 16.7. The third kappa shape index (κ3) is 3.67. The predicted molar refractivity (Wildman–Crippen MR) is 121 cm³/mol. The van der Waals surface area contributed by atoms with Crippen LogP contribution in [-0.2, 0) is 6.42 Å². The lowest BCUT2D eigenvalue weighted by Crippen LogP contribution is -2.17. The molecule has 1 heterocycles. The minimum Gasteiger partial charge on any atom is -0.378 e. The maximum atomic E-state index is 9.18. The highest BCUT2D eigenvalue weighted by atomic mass is 15.3. The van der Waals surface area contributed by atoms with Gasteiger partial charge in [0.25, 0.3) is 0 Å². The van der Waals surface area contributed by atoms with Crippen molar-refractivity contribution in [1.29, 1.82) is 10.7 Å². The van der Waals surface area contributed by atoms with Crippen molar-refractivity contribution in [3.8, 4) is 6.07 Å². The Hall–Kier alpha value is -3.59. The fourth-order valence-electron chi connectivity index (χ4n) is 4.21. The zero-order chi connectivity index (χ0) is 20.5. The van der Waals surface area contributed by atoms with Crippen molar-refractivity contribution in [2.75, 3.05) is 10.6 Å². The largest absolute Gasteiger partial charge is 0.378 e. The normalized spacial score (nSPS) is 17.6. The number of nitriles is 1. The number of fused-ring (bicyclic) bond motifs is 1. The summed E-state index contributed by atoms with van der Waals surface area (Å²) in [4.78, 5) is 0. The molecule has 0 saturated heterocycles. The molecule has 6 heteroatoms. The fraction of sp³-hybridized carbons (Fsp3) is 0.292. The molecular formula is C24H26N6. The van der Waals surface area contributed by atoms with Crippen LogP contribution in [0.3, 0.4) is 0 Å². The molecule has 152 valence electrons. The lowest BCUT2D eigenvalue weighted by atomic mass is 9.86. The summed E-state index contributed by atoms with van der Waals surface area (Å²) in [7, 11) is 0. The van der Waals surface area contributed by atoms with Crippen LogP contribution in [0, 0.1) is 16.7 Å². The predicted octanol–water partition coefficient (Wildman–Crippen LogP) is 5.57. The first-order chi connectivity index (χ1) is 14.7. The molecule has 0 spiro atoms. The molecule has 2 aliphatic rings. The number of hydrogen-bond donors (Lipinski definition) is 3. The van der Waals surface area contributed by atoms with Crippen molar-refractivity contribution in [1.82, 2.24) is 9.78 Å². The Morgan fingerprint density at radius 1 is 1.17 bits per heavy atom. The van der Waals surface area contributed by atoms with Crippen LogP contribution in [0.1, 0.15) is 61.4 Å². The maximum Gasteiger partial charge on any atom is 0.0991 e. The van der Waals surface area contributed by atoms with Crippen LogP contribution in [0.4, 0.5) is 17.1 Å². The lowest BCUT2D eigenvalue weighted by molar-refractivity contribution is 0.600. The highest BCUT2D eigenvalue weighted by molar-refractivity contribution is 5.88. The van der Waals surface area contributed by atoms with E-state index in [1.807, 2.05) is 41.3 Å². The molecule has 5 rings (SSSR count). The summed E-state index contributed by atoms with van der Waals surface area (Å²) in [6, 6.07) is 15.1. The van der Waals surface area contributed by atoms with E-state index in [9.17, 15) is 5.26 Å². The Morgan fingerprint density at radius 3 is 2.87 bits per heavy atom. The van der Waals surface area contributed by atoms with Gasteiger partial charge < -0.3 is 16.0 Å². The van der Waals surface area contributed by atoms with Gasteiger partial charge in [-0.3, -0.25) is 4.68 Å². The van der Waals surface area contributed by atoms with Crippen LogP contribution in [0.5, 0.6) is 0 Å². The SMILES string of the molecule is N#Cc1ccc2c(c1)CCC[C@H]2Nc1ccc(C=N)c(Nc2cnn(C3CC3)c2)c1.[HH]. The second kappa shape index (κ2) is 7.68. The number of nitrogens with one attached hydrogen (secondary N) is 3. The standard InChI is InChI=1S/C24H24N6.H2/c25-12-16-4-9-22-17(10-16)2-1-3-23(22)28-19-6-5-18(13-26)24(11-19)29-20-14-27-30(15-20)21-7-8-21;/h4-6,9-11,13-15,21,23,26,28-29H,1-3,7-8H2;1H/t23-;/m1./s1. The van der Waals surface area contributed by atoms with Crippen molar-refractivity contribution in [3.05, 3.63) is 71.0 Å². The highest BCUT2D eigenvalue weighted by Crippen LogP contribution is 2.36. The molecule has 1 saturated carbocycles. The van der Waals surface area contributed by atoms with Gasteiger partial charge in [0.2, 0.25) is 0 Å². The summed E-state index contributed by atoms with van der Waals surface area (Å²) in [6.45, 7) is 0. The Morgan fingerprint density at radius 2 is 2.07 bits per heavy atom. The molecule has 6 nitrogen and oxygen atoms in total. The van der Waals surface area contributed by atoms with Gasteiger partial charge in [-0.15, -0.1) is 0 Å². The summed E-state index contributed by atoms with van der Waals surface area (Å²) in [5, 5.41) is 28.5. The van der Waals surface area contributed by atoms with Gasteiger partial charge in [0.1, 0.15) is 0 Å². The topological polar surface area (TPSA) is 89.5 Å². The van der Waals surface area contributed by atoms with Crippen LogP contribution in [0.15, 0.2) is 48.8 Å². The van der Waals surface area contributed by atoms with Gasteiger partial charge in [-0.1, -0.05) is 6.07 Å². The maximum absolute atomic E-state index is 9.18. The fourth-order valence-corrected chi connectivity index (χ4v) is 4.21. The lowest BCUT2D eigenvalue weighted by Gasteiger charge is -2.27. The number of hydrogen-bond acceptors (Lipinski definition) is 5. The van der Waals surface area contributed by atoms with Crippen LogP contribution >= 0.6 is 0 Å². The van der Waals surface area contributed by atoms with Crippen molar-refractivity contribution >= 4 is 23.3 Å². The first-order valence-electron chi connectivity index (χ1n) is 10.5. The van der Waals surface area contributed by atoms with E-state index in [1.165, 1.54) is 30.2 Å². The van der Waals surface area contributed by atoms with E-state index in [-0.39, 0.29) is 7.47 Å². The second-order valence-corrected chi connectivity index (χ2v) is 8.13. The van der Waals surface area contributed by atoms with Gasteiger partial charge in [0.05, 0.1) is 35.6 Å². The van der Waals surface area contributed by atoms with Crippen LogP contribution in [0.25, 0.3) is 0 Å². The number of aryl methyl sites for hydroxylation is 1. The van der Waals surface area contributed by atoms with Crippen molar-refractivity contribution in [2.45, 2.75) is 44.2 Å². The third-order valence-corrected chi connectivity index (χ3v) is 5.94. The monoisotopic (exact) mass is 398 g/mol. The molecule has 0 bridgehead atoms. The number of benzene rings is 2. The Kier molecular flexibility index (Phi) is 4.72. The van der Waals surface area contributed by atoms with E-state index in [0.29, 0.717) is 6.04 Å². The number of anilines is 3. The average molecular weight is 399 g/mol. The molecule has 0 aliphatic heterocycles. The van der Waals surface area contributed by atoms with Gasteiger partial charge in [0, 0.05) is 30.8 Å². The Bertz CT molecular complexity index is 1140. The smallest absolute Gasteiger partial charge is 0.0991 e. The molecule has 30 heavy (non-hydrogen) atoms. The minimum atomic E-state index is 0. The van der Waals surface area contributed by atoms with Crippen molar-refractivity contribution < 1.29 is 1.43 Å². The summed E-state index contributed by atoms with van der Waals surface area (Å²) in [5.41, 5.74) is 6.94. The summed E-state index contributed by atoms with van der Waals surface area (Å²) in [6.07, 6.45) is 10.8. The quantitative estimate of drug-likeness (QED) is 0.474. The Labute approximate surface area is 177 Å². The second-order valence-electron chi connectivity index (χ2n) is 8.13. The van der Waals surface area contributed by atoms with Crippen LogP contribution in [0.2, 0.25) is 0 Å². The first kappa shape index (κ1) is 18.4. The van der Waals surface area contributed by atoms with Gasteiger partial charge in [-0.05, 0) is 73.6 Å². The van der Waals surface area contributed by atoms with E-state index in [4.69, 9.17) is 5.41 Å². The number of aromatic nitrogens is 2. The molecule has 0 radical (unpaired) electrons. The van der Waals surface area contributed by atoms with E-state index in [1.54, 1.807) is 0 Å². The molecule has 1 fully saturated rings. The molecule has 2 aliphatic carbocycles. The van der Waals surface area contributed by atoms with E-state index in [2.05, 4.69) is 33.9 Å². The molecule has 3 N–H and O–H groups in total. The molecule has 0 unspecified atom stereocenters. The van der Waals surface area contributed by atoms with Gasteiger partial charge in [-0.25, -0.2) is 0 Å². The van der Waals surface area contributed by atoms with Gasteiger partial charge in [-0.2, -0.15) is 10.4 Å². The van der Waals surface area contributed by atoms with E-state index in [0.717, 1.165) is 47.5 Å². The third-order valence-electron chi connectivity index (χ3n) is 5.94. The average Bonchev–Trinajstić information content (AvgIpc) is 3.53. The van der Waals surface area contributed by atoms with E-state index < -0.39 is 0 Å². The van der Waals surface area contributed by atoms with Crippen LogP contribution in [-0.4, -0.2) is 16.0 Å². The zero-order valence-corrected chi connectivity index (χ0v) is 16.7. The number of nitrogens with zero attached hydrogens (tertiary/aromatic N) is 3. The molecule has 0 amide bonds. The summed E-state index contributed by atoms with van der Waals surface area (Å²) >= 11 is 0. The van der Waals surface area contributed by atoms with Gasteiger partial charge in [0.15, 0.2) is 0 Å². The Balaban J connectivity index is 0.00000231. The minimum absolute atomic E-state index is 0. The molecule has 1 aromatic heterocycles. The van der Waals surface area contributed by atoms with Crippen molar-refractivity contribution in [2.24, 2.45) is 0 Å². The molecule has 2 aromatic carbocycles. The van der Waals surface area contributed by atoms with Crippen LogP contribution < -0.4 is 10.6 Å². The molecular weight excluding hydrogens is 372 g/mol. The first-order valence-corrected chi connectivity index (χ1v) is 10.5. The summed E-state index contributed by atoms with van der Waals surface area (Å²) < 4.78 is 2.02. The highest BCUT2D eigenvalue weighted by Gasteiger charge is 2.24. The number of rotatable bonds is 6. The van der Waals surface area contributed by atoms with Crippen molar-refractivity contribution in [3.63, 3.8) is 0 Å². The van der Waals surface area contributed by atoms with Gasteiger partial charge >= 0.3 is 0 Å². The molecule has 1 atom stereocenters. The van der Waals surface area contributed by atoms with E-state index >= 15 is 0 Å². The molecule has 3 aromatic rings. The summed E-state index contributed by atoms with van der Waals surface area (Å²) in [5.74, 6) is 0.